The summed E-state index contributed by atoms with van der Waals surface area (Å²) in [4.78, 5) is 29.1. The smallest absolute Gasteiger partial charge is 0.350 e. The zero-order valence-electron chi connectivity index (χ0n) is 15.0. The number of nitrogens with one attached hydrogen (secondary N) is 2. The van der Waals surface area contributed by atoms with E-state index in [4.69, 9.17) is 0 Å². The summed E-state index contributed by atoms with van der Waals surface area (Å²) in [6.07, 6.45) is 1.34. The van der Waals surface area contributed by atoms with Gasteiger partial charge in [-0.25, -0.2) is 19.4 Å². The van der Waals surface area contributed by atoms with Gasteiger partial charge in [0.2, 0.25) is 0 Å². The van der Waals surface area contributed by atoms with Crippen LogP contribution in [0.1, 0.15) is 35.7 Å². The number of aromatic nitrogens is 4. The summed E-state index contributed by atoms with van der Waals surface area (Å²) in [5.74, 6) is -0.538. The summed E-state index contributed by atoms with van der Waals surface area (Å²) >= 11 is 0. The monoisotopic (exact) mass is 369 g/mol. The van der Waals surface area contributed by atoms with Gasteiger partial charge in [-0.15, -0.1) is 0 Å². The SMILES string of the molecule is CNc1ccc(C(=O)n2c(-c3cc(C(C)C)c(O)cc3O)n[nH]c2=O)cn1. The van der Waals surface area contributed by atoms with Crippen LogP contribution in [0, 0.1) is 0 Å². The van der Waals surface area contributed by atoms with Gasteiger partial charge < -0.3 is 15.5 Å². The van der Waals surface area contributed by atoms with E-state index in [1.165, 1.54) is 24.4 Å². The number of anilines is 1. The van der Waals surface area contributed by atoms with E-state index in [0.29, 0.717) is 11.4 Å². The standard InChI is InChI=1S/C18H19N5O4/c1-9(2)11-6-12(14(25)7-13(11)24)16-21-22-18(27)23(16)17(26)10-4-5-15(19-3)20-8-10/h4-9,24-25H,1-3H3,(H,19,20)(H,22,27). The van der Waals surface area contributed by atoms with E-state index in [9.17, 15) is 19.8 Å². The fraction of sp³-hybridized carbons (Fsp3) is 0.222. The van der Waals surface area contributed by atoms with Crippen molar-refractivity contribution in [2.24, 2.45) is 0 Å². The van der Waals surface area contributed by atoms with Crippen LogP contribution in [0.15, 0.2) is 35.3 Å². The molecule has 2 heterocycles. The second kappa shape index (κ2) is 6.94. The average Bonchev–Trinajstić information content (AvgIpc) is 3.02. The predicted octanol–water partition coefficient (Wildman–Crippen LogP) is 1.90. The maximum Gasteiger partial charge on any atom is 0.350 e. The fourth-order valence-corrected chi connectivity index (χ4v) is 2.70. The summed E-state index contributed by atoms with van der Waals surface area (Å²) in [7, 11) is 1.70. The van der Waals surface area contributed by atoms with E-state index >= 15 is 0 Å². The maximum atomic E-state index is 12.8. The van der Waals surface area contributed by atoms with Crippen LogP contribution in [0.25, 0.3) is 11.4 Å². The molecule has 0 aliphatic rings. The van der Waals surface area contributed by atoms with Crippen molar-refractivity contribution in [1.82, 2.24) is 19.7 Å². The van der Waals surface area contributed by atoms with Gasteiger partial charge in [-0.1, -0.05) is 13.8 Å². The van der Waals surface area contributed by atoms with Crippen LogP contribution < -0.4 is 11.0 Å². The second-order valence-electron chi connectivity index (χ2n) is 6.26. The number of pyridine rings is 1. The van der Waals surface area contributed by atoms with Gasteiger partial charge in [-0.3, -0.25) is 4.79 Å². The summed E-state index contributed by atoms with van der Waals surface area (Å²) in [5, 5.41) is 29.2. The lowest BCUT2D eigenvalue weighted by molar-refractivity contribution is 0.0957. The summed E-state index contributed by atoms with van der Waals surface area (Å²) in [6, 6.07) is 5.81. The molecule has 140 valence electrons. The number of aromatic hydroxyl groups is 2. The lowest BCUT2D eigenvalue weighted by Crippen LogP contribution is -2.26. The summed E-state index contributed by atoms with van der Waals surface area (Å²) in [6.45, 7) is 3.74. The molecule has 0 unspecified atom stereocenters. The maximum absolute atomic E-state index is 12.8. The zero-order valence-corrected chi connectivity index (χ0v) is 15.0. The number of nitrogens with zero attached hydrogens (tertiary/aromatic N) is 3. The topological polar surface area (TPSA) is 133 Å². The first-order valence-electron chi connectivity index (χ1n) is 8.25. The lowest BCUT2D eigenvalue weighted by Gasteiger charge is -2.12. The Morgan fingerprint density at radius 3 is 2.56 bits per heavy atom. The van der Waals surface area contributed by atoms with E-state index in [-0.39, 0.29) is 34.4 Å². The molecule has 0 saturated heterocycles. The molecule has 0 amide bonds. The van der Waals surface area contributed by atoms with Crippen molar-refractivity contribution in [3.05, 3.63) is 52.1 Å². The number of benzene rings is 1. The van der Waals surface area contributed by atoms with Crippen LogP contribution in [-0.4, -0.2) is 42.9 Å². The minimum absolute atomic E-state index is 0.0440. The minimum Gasteiger partial charge on any atom is -0.508 e. The van der Waals surface area contributed by atoms with Gasteiger partial charge in [0.25, 0.3) is 5.91 Å². The molecular formula is C18H19N5O4. The number of carbonyl (C=O) groups excluding carboxylic acids is 1. The van der Waals surface area contributed by atoms with E-state index in [1.54, 1.807) is 13.1 Å². The molecule has 0 aliphatic heterocycles. The Morgan fingerprint density at radius 1 is 1.22 bits per heavy atom. The molecule has 2 aromatic heterocycles. The van der Waals surface area contributed by atoms with E-state index < -0.39 is 11.6 Å². The Labute approximate surface area is 154 Å². The van der Waals surface area contributed by atoms with Crippen molar-refractivity contribution in [3.63, 3.8) is 0 Å². The van der Waals surface area contributed by atoms with Crippen LogP contribution in [-0.2, 0) is 0 Å². The zero-order chi connectivity index (χ0) is 19.7. The highest BCUT2D eigenvalue weighted by Gasteiger charge is 2.23. The Kier molecular flexibility index (Phi) is 4.68. The van der Waals surface area contributed by atoms with Crippen LogP contribution >= 0.6 is 0 Å². The molecule has 0 saturated carbocycles. The number of rotatable bonds is 4. The number of hydrogen-bond acceptors (Lipinski definition) is 7. The largest absolute Gasteiger partial charge is 0.508 e. The number of carbonyl (C=O) groups is 1. The third-order valence-corrected chi connectivity index (χ3v) is 4.15. The van der Waals surface area contributed by atoms with Gasteiger partial charge in [0, 0.05) is 19.3 Å². The molecule has 0 radical (unpaired) electrons. The predicted molar refractivity (Wildman–Crippen MR) is 99.2 cm³/mol. The fourth-order valence-electron chi connectivity index (χ4n) is 2.70. The van der Waals surface area contributed by atoms with Crippen molar-refractivity contribution in [2.45, 2.75) is 19.8 Å². The van der Waals surface area contributed by atoms with E-state index in [1.807, 2.05) is 13.8 Å². The van der Waals surface area contributed by atoms with Crippen LogP contribution in [0.3, 0.4) is 0 Å². The lowest BCUT2D eigenvalue weighted by atomic mass is 9.98. The van der Waals surface area contributed by atoms with Gasteiger partial charge in [0.15, 0.2) is 5.82 Å². The molecular weight excluding hydrogens is 350 g/mol. The molecule has 9 nitrogen and oxygen atoms in total. The molecule has 3 aromatic rings. The first-order chi connectivity index (χ1) is 12.8. The molecule has 1 aromatic carbocycles. The Morgan fingerprint density at radius 2 is 1.96 bits per heavy atom. The number of hydrogen-bond donors (Lipinski definition) is 4. The van der Waals surface area contributed by atoms with Gasteiger partial charge in [-0.2, -0.15) is 5.10 Å². The van der Waals surface area contributed by atoms with Crippen LogP contribution in [0.4, 0.5) is 5.82 Å². The highest BCUT2D eigenvalue weighted by atomic mass is 16.3. The Bertz CT molecular complexity index is 1050. The Hall–Kier alpha value is -3.62. The Balaban J connectivity index is 2.14. The number of phenols is 2. The molecule has 0 aliphatic carbocycles. The van der Waals surface area contributed by atoms with Gasteiger partial charge >= 0.3 is 5.69 Å². The first kappa shape index (κ1) is 18.2. The van der Waals surface area contributed by atoms with Gasteiger partial charge in [0.05, 0.1) is 11.1 Å². The summed E-state index contributed by atoms with van der Waals surface area (Å²) in [5.41, 5.74) is 0.146. The van der Waals surface area contributed by atoms with Crippen molar-refractivity contribution in [1.29, 1.82) is 0 Å². The van der Waals surface area contributed by atoms with Crippen LogP contribution in [0.2, 0.25) is 0 Å². The molecule has 0 spiro atoms. The quantitative estimate of drug-likeness (QED) is 0.552. The van der Waals surface area contributed by atoms with Gasteiger partial charge in [0.1, 0.15) is 17.3 Å². The molecule has 0 bridgehead atoms. The van der Waals surface area contributed by atoms with Crippen molar-refractivity contribution >= 4 is 11.7 Å². The van der Waals surface area contributed by atoms with Crippen molar-refractivity contribution < 1.29 is 15.0 Å². The molecule has 0 atom stereocenters. The second-order valence-corrected chi connectivity index (χ2v) is 6.26. The van der Waals surface area contributed by atoms with E-state index in [0.717, 1.165) is 4.57 Å². The average molecular weight is 369 g/mol. The molecule has 0 fully saturated rings. The normalized spacial score (nSPS) is 11.0. The third kappa shape index (κ3) is 3.26. The molecule has 3 rings (SSSR count). The van der Waals surface area contributed by atoms with Crippen LogP contribution in [0.5, 0.6) is 11.5 Å². The molecule has 27 heavy (non-hydrogen) atoms. The number of H-pyrrole nitrogens is 1. The number of phenolic OH excluding ortho intramolecular Hbond substituents is 2. The van der Waals surface area contributed by atoms with E-state index in [2.05, 4.69) is 20.5 Å². The van der Waals surface area contributed by atoms with Crippen molar-refractivity contribution in [3.8, 4) is 22.9 Å². The third-order valence-electron chi connectivity index (χ3n) is 4.15. The van der Waals surface area contributed by atoms with Crippen molar-refractivity contribution in [2.75, 3.05) is 12.4 Å². The van der Waals surface area contributed by atoms with Gasteiger partial charge in [-0.05, 0) is 29.7 Å². The highest BCUT2D eigenvalue weighted by molar-refractivity contribution is 5.98. The molecule has 4 N–H and O–H groups in total. The minimum atomic E-state index is -0.744. The number of aromatic amines is 1. The summed E-state index contributed by atoms with van der Waals surface area (Å²) < 4.78 is 0.826. The first-order valence-corrected chi connectivity index (χ1v) is 8.25. The molecule has 9 heteroatoms. The highest BCUT2D eigenvalue weighted by Crippen LogP contribution is 2.36.